The van der Waals surface area contributed by atoms with Crippen molar-refractivity contribution in [2.75, 3.05) is 17.3 Å². The predicted molar refractivity (Wildman–Crippen MR) is 67.2 cm³/mol. The zero-order valence-corrected chi connectivity index (χ0v) is 10.3. The summed E-state index contributed by atoms with van der Waals surface area (Å²) in [6, 6.07) is 7.29. The zero-order chi connectivity index (χ0) is 11.5. The Morgan fingerprint density at radius 3 is 2.44 bits per heavy atom. The van der Waals surface area contributed by atoms with E-state index in [-0.39, 0.29) is 11.8 Å². The van der Waals surface area contributed by atoms with E-state index in [1.807, 2.05) is 12.1 Å². The molecule has 0 bridgehead atoms. The highest BCUT2D eigenvalue weighted by atomic mass is 35.5. The molecule has 86 valence electrons. The molecule has 0 atom stereocenters. The van der Waals surface area contributed by atoms with Gasteiger partial charge in [-0.25, -0.2) is 0 Å². The highest BCUT2D eigenvalue weighted by Crippen LogP contribution is 2.31. The van der Waals surface area contributed by atoms with Crippen molar-refractivity contribution in [3.05, 3.63) is 29.3 Å². The van der Waals surface area contributed by atoms with E-state index in [0.29, 0.717) is 10.9 Å². The molecule has 2 rings (SSSR count). The fourth-order valence-corrected chi connectivity index (χ4v) is 1.87. The van der Waals surface area contributed by atoms with Crippen molar-refractivity contribution in [1.82, 2.24) is 0 Å². The number of hydrogen-bond acceptors (Lipinski definition) is 1. The van der Waals surface area contributed by atoms with Gasteiger partial charge in [0.05, 0.1) is 0 Å². The maximum Gasteiger partial charge on any atom is 0.241 e. The van der Waals surface area contributed by atoms with Crippen molar-refractivity contribution < 1.29 is 4.79 Å². The molecule has 1 aromatic carbocycles. The van der Waals surface area contributed by atoms with Gasteiger partial charge in [-0.15, -0.1) is 11.6 Å². The van der Waals surface area contributed by atoms with Crippen LogP contribution in [0.1, 0.15) is 12.8 Å². The molecule has 0 aromatic heterocycles. The summed E-state index contributed by atoms with van der Waals surface area (Å²) in [4.78, 5) is 13.5. The molecule has 1 aromatic rings. The average molecular weight is 258 g/mol. The normalized spacial score (nSPS) is 14.9. The Hall–Kier alpha value is -0.730. The number of carbonyl (C=O) groups is 1. The van der Waals surface area contributed by atoms with Gasteiger partial charge in [0.2, 0.25) is 5.91 Å². The van der Waals surface area contributed by atoms with Crippen LogP contribution in [0.15, 0.2) is 24.3 Å². The third-order valence-electron chi connectivity index (χ3n) is 2.69. The van der Waals surface area contributed by atoms with E-state index in [1.165, 1.54) is 12.8 Å². The molecule has 0 aliphatic heterocycles. The van der Waals surface area contributed by atoms with E-state index in [1.54, 1.807) is 17.0 Å². The van der Waals surface area contributed by atoms with Gasteiger partial charge in [0.25, 0.3) is 0 Å². The molecule has 1 saturated carbocycles. The second-order valence-electron chi connectivity index (χ2n) is 4.06. The Morgan fingerprint density at radius 1 is 1.31 bits per heavy atom. The van der Waals surface area contributed by atoms with Crippen LogP contribution in [0.3, 0.4) is 0 Å². The Labute approximate surface area is 105 Å². The number of benzene rings is 1. The summed E-state index contributed by atoms with van der Waals surface area (Å²) in [5.41, 5.74) is 0.877. The second-order valence-corrected chi connectivity index (χ2v) is 4.76. The number of anilines is 1. The highest BCUT2D eigenvalue weighted by Gasteiger charge is 2.27. The first-order valence-corrected chi connectivity index (χ1v) is 6.24. The monoisotopic (exact) mass is 257 g/mol. The maximum absolute atomic E-state index is 11.7. The summed E-state index contributed by atoms with van der Waals surface area (Å²) in [6.45, 7) is 0.771. The van der Waals surface area contributed by atoms with Gasteiger partial charge in [-0.1, -0.05) is 11.6 Å². The van der Waals surface area contributed by atoms with Crippen LogP contribution >= 0.6 is 23.2 Å². The molecule has 1 aliphatic rings. The lowest BCUT2D eigenvalue weighted by Gasteiger charge is -2.21. The summed E-state index contributed by atoms with van der Waals surface area (Å²) in [5.74, 6) is 0.619. The molecule has 0 N–H and O–H groups in total. The maximum atomic E-state index is 11.7. The zero-order valence-electron chi connectivity index (χ0n) is 8.83. The summed E-state index contributed by atoms with van der Waals surface area (Å²) >= 11 is 11.4. The summed E-state index contributed by atoms with van der Waals surface area (Å²) < 4.78 is 0. The smallest absolute Gasteiger partial charge is 0.241 e. The van der Waals surface area contributed by atoms with Gasteiger partial charge in [-0.2, -0.15) is 0 Å². The van der Waals surface area contributed by atoms with E-state index < -0.39 is 0 Å². The lowest BCUT2D eigenvalue weighted by atomic mass is 10.2. The number of rotatable bonds is 4. The number of halogens is 2. The van der Waals surface area contributed by atoms with Crippen LogP contribution in [0.25, 0.3) is 0 Å². The molecular formula is C12H13Cl2NO. The molecule has 0 heterocycles. The SMILES string of the molecule is O=C(CCl)N(CC1CC1)c1ccc(Cl)cc1. The molecule has 0 saturated heterocycles. The quantitative estimate of drug-likeness (QED) is 0.758. The van der Waals surface area contributed by atoms with Gasteiger partial charge in [0.1, 0.15) is 5.88 Å². The van der Waals surface area contributed by atoms with Gasteiger partial charge in [-0.05, 0) is 43.0 Å². The summed E-state index contributed by atoms with van der Waals surface area (Å²) in [5, 5.41) is 0.674. The summed E-state index contributed by atoms with van der Waals surface area (Å²) in [7, 11) is 0. The van der Waals surface area contributed by atoms with E-state index in [0.717, 1.165) is 12.2 Å². The first-order valence-electron chi connectivity index (χ1n) is 5.32. The molecule has 1 fully saturated rings. The van der Waals surface area contributed by atoms with Crippen molar-refractivity contribution in [1.29, 1.82) is 0 Å². The van der Waals surface area contributed by atoms with Crippen LogP contribution < -0.4 is 4.90 Å². The van der Waals surface area contributed by atoms with Crippen LogP contribution in [-0.2, 0) is 4.79 Å². The van der Waals surface area contributed by atoms with Crippen molar-refractivity contribution in [3.8, 4) is 0 Å². The van der Waals surface area contributed by atoms with Crippen LogP contribution in [0.4, 0.5) is 5.69 Å². The number of carbonyl (C=O) groups excluding carboxylic acids is 1. The van der Waals surface area contributed by atoms with Crippen LogP contribution in [0, 0.1) is 5.92 Å². The lowest BCUT2D eigenvalue weighted by molar-refractivity contribution is -0.116. The van der Waals surface area contributed by atoms with Crippen molar-refractivity contribution in [2.45, 2.75) is 12.8 Å². The van der Waals surface area contributed by atoms with Gasteiger partial charge in [-0.3, -0.25) is 4.79 Å². The highest BCUT2D eigenvalue weighted by molar-refractivity contribution is 6.31. The first kappa shape index (κ1) is 11.7. The van der Waals surface area contributed by atoms with Gasteiger partial charge < -0.3 is 4.90 Å². The van der Waals surface area contributed by atoms with Gasteiger partial charge in [0.15, 0.2) is 0 Å². The number of alkyl halides is 1. The molecule has 2 nitrogen and oxygen atoms in total. The van der Waals surface area contributed by atoms with E-state index in [9.17, 15) is 4.79 Å². The number of hydrogen-bond donors (Lipinski definition) is 0. The van der Waals surface area contributed by atoms with Gasteiger partial charge in [0, 0.05) is 17.3 Å². The Bertz CT molecular complexity index is 373. The molecule has 4 heteroatoms. The van der Waals surface area contributed by atoms with E-state index in [2.05, 4.69) is 0 Å². The molecule has 0 unspecified atom stereocenters. The Balaban J connectivity index is 2.15. The minimum Gasteiger partial charge on any atom is -0.311 e. The third kappa shape index (κ3) is 2.89. The third-order valence-corrected chi connectivity index (χ3v) is 3.17. The fourth-order valence-electron chi connectivity index (χ4n) is 1.60. The Kier molecular flexibility index (Phi) is 3.72. The minimum atomic E-state index is -0.0455. The van der Waals surface area contributed by atoms with Crippen molar-refractivity contribution in [2.24, 2.45) is 5.92 Å². The fraction of sp³-hybridized carbons (Fsp3) is 0.417. The van der Waals surface area contributed by atoms with Crippen LogP contribution in [-0.4, -0.2) is 18.3 Å². The van der Waals surface area contributed by atoms with Crippen LogP contribution in [0.5, 0.6) is 0 Å². The lowest BCUT2D eigenvalue weighted by Crippen LogP contribution is -2.33. The van der Waals surface area contributed by atoms with E-state index in [4.69, 9.17) is 23.2 Å². The van der Waals surface area contributed by atoms with Crippen molar-refractivity contribution >= 4 is 34.8 Å². The summed E-state index contributed by atoms with van der Waals surface area (Å²) in [6.07, 6.45) is 2.42. The molecule has 0 spiro atoms. The number of nitrogens with zero attached hydrogens (tertiary/aromatic N) is 1. The molecule has 1 aliphatic carbocycles. The van der Waals surface area contributed by atoms with E-state index >= 15 is 0 Å². The largest absolute Gasteiger partial charge is 0.311 e. The molecule has 16 heavy (non-hydrogen) atoms. The first-order chi connectivity index (χ1) is 7.70. The van der Waals surface area contributed by atoms with Gasteiger partial charge >= 0.3 is 0 Å². The molecule has 0 radical (unpaired) electrons. The minimum absolute atomic E-state index is 0.0232. The molecular weight excluding hydrogens is 245 g/mol. The Morgan fingerprint density at radius 2 is 1.94 bits per heavy atom. The predicted octanol–water partition coefficient (Wildman–Crippen LogP) is 3.32. The molecule has 1 amide bonds. The van der Waals surface area contributed by atoms with Crippen molar-refractivity contribution in [3.63, 3.8) is 0 Å². The standard InChI is InChI=1S/C12H13Cl2NO/c13-7-12(16)15(8-9-1-2-9)11-5-3-10(14)4-6-11/h3-6,9H,1-2,7-8H2. The topological polar surface area (TPSA) is 20.3 Å². The number of amides is 1. The van der Waals surface area contributed by atoms with Crippen LogP contribution in [0.2, 0.25) is 5.02 Å². The second kappa shape index (κ2) is 5.07. The average Bonchev–Trinajstić information content (AvgIpc) is 3.10.